The van der Waals surface area contributed by atoms with Crippen molar-refractivity contribution < 1.29 is 18.3 Å². The third-order valence-electron chi connectivity index (χ3n) is 4.36. The molecule has 0 saturated heterocycles. The fourth-order valence-corrected chi connectivity index (χ4v) is 3.36. The molecule has 0 aliphatic carbocycles. The number of benzene rings is 1. The number of anilines is 1. The van der Waals surface area contributed by atoms with Crippen molar-refractivity contribution in [1.82, 2.24) is 19.9 Å². The average molecular weight is 496 g/mol. The van der Waals surface area contributed by atoms with Gasteiger partial charge in [0.25, 0.3) is 0 Å². The highest BCUT2D eigenvalue weighted by atomic mass is 79.9. The summed E-state index contributed by atoms with van der Waals surface area (Å²) in [7, 11) is 1.69. The van der Waals surface area contributed by atoms with Crippen molar-refractivity contribution in [2.45, 2.75) is 32.8 Å². The summed E-state index contributed by atoms with van der Waals surface area (Å²) < 4.78 is 33.1. The Hall–Kier alpha value is -2.75. The highest BCUT2D eigenvalue weighted by Crippen LogP contribution is 2.33. The van der Waals surface area contributed by atoms with Crippen LogP contribution in [0.1, 0.15) is 27.2 Å². The summed E-state index contributed by atoms with van der Waals surface area (Å²) in [5, 5.41) is 3.32. The summed E-state index contributed by atoms with van der Waals surface area (Å²) in [5.41, 5.74) is 1.54. The van der Waals surface area contributed by atoms with Gasteiger partial charge >= 0.3 is 6.09 Å². The first-order valence-corrected chi connectivity index (χ1v) is 10.5. The van der Waals surface area contributed by atoms with E-state index < -0.39 is 17.2 Å². The first kappa shape index (κ1) is 22.9. The molecule has 166 valence electrons. The molecule has 2 N–H and O–H groups in total. The number of nitrogens with one attached hydrogen (secondary N) is 2. The monoisotopic (exact) mass is 495 g/mol. The summed E-state index contributed by atoms with van der Waals surface area (Å²) >= 11 is 3.48. The number of carbonyl (C=O) groups excluding carboxylic acids is 1. The van der Waals surface area contributed by atoms with Gasteiger partial charge in [0, 0.05) is 44.7 Å². The van der Waals surface area contributed by atoms with Gasteiger partial charge in [-0.3, -0.25) is 4.98 Å². The van der Waals surface area contributed by atoms with E-state index >= 15 is 0 Å². The molecule has 0 radical (unpaired) electrons. The second-order valence-corrected chi connectivity index (χ2v) is 8.95. The predicted octanol–water partition coefficient (Wildman–Crippen LogP) is 5.33. The third-order valence-corrected chi connectivity index (χ3v) is 4.96. The number of nitrogens with zero attached hydrogens (tertiary/aromatic N) is 3. The number of halogens is 3. The predicted molar refractivity (Wildman–Crippen MR) is 119 cm³/mol. The molecule has 10 heteroatoms. The number of aromatic amines is 1. The molecule has 0 fully saturated rings. The van der Waals surface area contributed by atoms with E-state index in [4.69, 9.17) is 4.74 Å². The second kappa shape index (κ2) is 9.17. The van der Waals surface area contributed by atoms with Gasteiger partial charge in [0.05, 0.1) is 26.8 Å². The summed E-state index contributed by atoms with van der Waals surface area (Å²) in [6, 6.07) is 2.13. The summed E-state index contributed by atoms with van der Waals surface area (Å²) in [6.45, 7) is 6.53. The largest absolute Gasteiger partial charge is 0.444 e. The Kier molecular flexibility index (Phi) is 6.78. The van der Waals surface area contributed by atoms with Gasteiger partial charge in [-0.15, -0.1) is 0 Å². The Morgan fingerprint density at radius 3 is 2.68 bits per heavy atom. The van der Waals surface area contributed by atoms with Crippen LogP contribution in [0.25, 0.3) is 22.4 Å². The number of carbonyl (C=O) groups is 1. The molecule has 3 aromatic rings. The van der Waals surface area contributed by atoms with Gasteiger partial charge < -0.3 is 19.9 Å². The normalized spacial score (nSPS) is 11.6. The highest BCUT2D eigenvalue weighted by Gasteiger charge is 2.19. The van der Waals surface area contributed by atoms with Crippen LogP contribution < -0.4 is 5.32 Å². The molecule has 1 aromatic carbocycles. The lowest BCUT2D eigenvalue weighted by molar-refractivity contribution is 0.0298. The number of hydrogen-bond donors (Lipinski definition) is 2. The minimum atomic E-state index is -0.953. The fraction of sp³-hybridized carbons (Fsp3) is 0.381. The lowest BCUT2D eigenvalue weighted by atomic mass is 10.2. The van der Waals surface area contributed by atoms with E-state index in [9.17, 15) is 13.6 Å². The number of pyridine rings is 1. The quantitative estimate of drug-likeness (QED) is 0.451. The molecule has 31 heavy (non-hydrogen) atoms. The molecular weight excluding hydrogens is 472 g/mol. The maximum Gasteiger partial charge on any atom is 0.410 e. The molecule has 0 spiro atoms. The molecule has 3 rings (SSSR count). The molecule has 2 heterocycles. The zero-order chi connectivity index (χ0) is 22.8. The van der Waals surface area contributed by atoms with E-state index in [0.29, 0.717) is 46.4 Å². The molecule has 0 saturated carbocycles. The highest BCUT2D eigenvalue weighted by molar-refractivity contribution is 9.10. The number of rotatable bonds is 6. The van der Waals surface area contributed by atoms with Crippen LogP contribution in [-0.2, 0) is 4.74 Å². The topological polar surface area (TPSA) is 83.1 Å². The molecule has 0 bridgehead atoms. The van der Waals surface area contributed by atoms with Gasteiger partial charge in [0.1, 0.15) is 11.4 Å². The number of ether oxygens (including phenoxy) is 1. The van der Waals surface area contributed by atoms with Crippen LogP contribution in [0.15, 0.2) is 29.0 Å². The van der Waals surface area contributed by atoms with Gasteiger partial charge in [0.15, 0.2) is 11.6 Å². The van der Waals surface area contributed by atoms with Crippen molar-refractivity contribution >= 4 is 38.7 Å². The van der Waals surface area contributed by atoms with Crippen LogP contribution in [0.4, 0.5) is 19.3 Å². The number of H-pyrrole nitrogens is 1. The molecule has 0 aliphatic heterocycles. The molecule has 0 aliphatic rings. The van der Waals surface area contributed by atoms with Crippen LogP contribution >= 0.6 is 15.9 Å². The standard InChI is InChI=1S/C21H24BrF2N5O2/c1-21(2,3)31-20(30)29(4)7-5-6-26-18-12(10-25-11-13(18)22)19-27-16-8-14(23)15(24)9-17(16)28-19/h8-11H,5-7H2,1-4H3,(H,25,26)(H,27,28). The molecule has 0 unspecified atom stereocenters. The van der Waals surface area contributed by atoms with Crippen molar-refractivity contribution in [3.8, 4) is 11.4 Å². The Labute approximate surface area is 187 Å². The van der Waals surface area contributed by atoms with Crippen molar-refractivity contribution in [2.75, 3.05) is 25.5 Å². The maximum absolute atomic E-state index is 13.5. The number of fused-ring (bicyclic) bond motifs is 1. The van der Waals surface area contributed by atoms with Crippen LogP contribution in [0.2, 0.25) is 0 Å². The van der Waals surface area contributed by atoms with Gasteiger partial charge in [-0.1, -0.05) is 0 Å². The smallest absolute Gasteiger partial charge is 0.410 e. The minimum absolute atomic E-state index is 0.318. The van der Waals surface area contributed by atoms with Crippen LogP contribution in [0, 0.1) is 11.6 Å². The molecule has 2 aromatic heterocycles. The van der Waals surface area contributed by atoms with Gasteiger partial charge in [0.2, 0.25) is 0 Å². The van der Waals surface area contributed by atoms with E-state index in [0.717, 1.165) is 17.8 Å². The first-order valence-electron chi connectivity index (χ1n) is 9.72. The zero-order valence-corrected chi connectivity index (χ0v) is 19.3. The summed E-state index contributed by atoms with van der Waals surface area (Å²) in [6.07, 6.45) is 3.55. The Bertz CT molecular complexity index is 1060. The van der Waals surface area contributed by atoms with Crippen molar-refractivity contribution in [3.63, 3.8) is 0 Å². The average Bonchev–Trinajstić information content (AvgIpc) is 3.07. The summed E-state index contributed by atoms with van der Waals surface area (Å²) in [5.74, 6) is -1.46. The molecule has 0 atom stereocenters. The first-order chi connectivity index (χ1) is 14.5. The van der Waals surface area contributed by atoms with Gasteiger partial charge in [-0.2, -0.15) is 0 Å². The van der Waals surface area contributed by atoms with E-state index in [2.05, 4.69) is 36.2 Å². The molecule has 7 nitrogen and oxygen atoms in total. The number of hydrogen-bond acceptors (Lipinski definition) is 5. The molecular formula is C21H24BrF2N5O2. The van der Waals surface area contributed by atoms with Crippen molar-refractivity contribution in [3.05, 3.63) is 40.6 Å². The fourth-order valence-electron chi connectivity index (χ4n) is 2.89. The van der Waals surface area contributed by atoms with Crippen molar-refractivity contribution in [2.24, 2.45) is 0 Å². The van der Waals surface area contributed by atoms with E-state index in [1.54, 1.807) is 19.4 Å². The Balaban J connectivity index is 1.70. The lowest BCUT2D eigenvalue weighted by Crippen LogP contribution is -2.35. The minimum Gasteiger partial charge on any atom is -0.444 e. The van der Waals surface area contributed by atoms with Gasteiger partial charge in [-0.05, 0) is 43.1 Å². The van der Waals surface area contributed by atoms with E-state index in [1.165, 1.54) is 4.90 Å². The van der Waals surface area contributed by atoms with Crippen LogP contribution in [0.5, 0.6) is 0 Å². The van der Waals surface area contributed by atoms with Crippen LogP contribution in [0.3, 0.4) is 0 Å². The SMILES string of the molecule is CN(CCCNc1c(Br)cncc1-c1nc2cc(F)c(F)cc2[nH]1)C(=O)OC(C)(C)C. The molecule has 1 amide bonds. The lowest BCUT2D eigenvalue weighted by Gasteiger charge is -2.24. The Morgan fingerprint density at radius 1 is 1.26 bits per heavy atom. The van der Waals surface area contributed by atoms with Crippen molar-refractivity contribution in [1.29, 1.82) is 0 Å². The summed E-state index contributed by atoms with van der Waals surface area (Å²) in [4.78, 5) is 25.1. The third kappa shape index (κ3) is 5.69. The second-order valence-electron chi connectivity index (χ2n) is 8.09. The zero-order valence-electron chi connectivity index (χ0n) is 17.7. The van der Waals surface area contributed by atoms with Gasteiger partial charge in [-0.25, -0.2) is 18.6 Å². The van der Waals surface area contributed by atoms with E-state index in [-0.39, 0.29) is 6.09 Å². The Morgan fingerprint density at radius 2 is 1.97 bits per heavy atom. The number of aromatic nitrogens is 3. The number of amides is 1. The number of imidazole rings is 1. The van der Waals surface area contributed by atoms with Crippen LogP contribution in [-0.4, -0.2) is 51.7 Å². The maximum atomic E-state index is 13.5. The van der Waals surface area contributed by atoms with E-state index in [1.807, 2.05) is 20.8 Å².